The van der Waals surface area contributed by atoms with E-state index in [2.05, 4.69) is 17.4 Å². The number of nitrogens with zero attached hydrogens (tertiary/aromatic N) is 1. The second-order valence-corrected chi connectivity index (χ2v) is 10.4. The smallest absolute Gasteiger partial charge is 0.245 e. The molecule has 33 heavy (non-hydrogen) atoms. The van der Waals surface area contributed by atoms with E-state index in [1.807, 2.05) is 50.2 Å². The maximum Gasteiger partial charge on any atom is 0.245 e. The molecule has 6 nitrogen and oxygen atoms in total. The van der Waals surface area contributed by atoms with Gasteiger partial charge in [0.2, 0.25) is 15.9 Å². The predicted molar refractivity (Wildman–Crippen MR) is 136 cm³/mol. The summed E-state index contributed by atoms with van der Waals surface area (Å²) >= 11 is 1.74. The number of carbonyl (C=O) groups excluding carboxylic acids is 1. The number of hydrogen-bond donors (Lipinski definition) is 1. The lowest BCUT2D eigenvalue weighted by Gasteiger charge is -2.24. The SMILES string of the molecule is CCOc1ccccc1N(CC(=O)Nc1ccc(CSc2ccccc2)cc1C)S(C)(=O)=O. The lowest BCUT2D eigenvalue weighted by molar-refractivity contribution is -0.114. The van der Waals surface area contributed by atoms with Gasteiger partial charge in [-0.05, 0) is 55.3 Å². The number of anilines is 2. The van der Waals surface area contributed by atoms with E-state index in [0.29, 0.717) is 23.7 Å². The highest BCUT2D eigenvalue weighted by Crippen LogP contribution is 2.30. The first-order valence-corrected chi connectivity index (χ1v) is 13.4. The molecule has 0 aliphatic heterocycles. The highest BCUT2D eigenvalue weighted by molar-refractivity contribution is 7.98. The second kappa shape index (κ2) is 11.2. The van der Waals surface area contributed by atoms with Crippen molar-refractivity contribution in [2.45, 2.75) is 24.5 Å². The zero-order valence-electron chi connectivity index (χ0n) is 18.9. The summed E-state index contributed by atoms with van der Waals surface area (Å²) < 4.78 is 31.6. The van der Waals surface area contributed by atoms with E-state index in [0.717, 1.165) is 27.4 Å². The molecule has 0 aliphatic carbocycles. The van der Waals surface area contributed by atoms with Crippen LogP contribution in [0.4, 0.5) is 11.4 Å². The van der Waals surface area contributed by atoms with Gasteiger partial charge in [-0.2, -0.15) is 0 Å². The largest absolute Gasteiger partial charge is 0.492 e. The Hall–Kier alpha value is -2.97. The first-order chi connectivity index (χ1) is 15.8. The lowest BCUT2D eigenvalue weighted by atomic mass is 10.1. The minimum absolute atomic E-state index is 0.335. The number of para-hydroxylation sites is 2. The summed E-state index contributed by atoms with van der Waals surface area (Å²) in [5.74, 6) is 0.797. The minimum atomic E-state index is -3.71. The molecule has 0 saturated heterocycles. The Morgan fingerprint density at radius 3 is 2.39 bits per heavy atom. The zero-order valence-corrected chi connectivity index (χ0v) is 20.6. The fourth-order valence-corrected chi connectivity index (χ4v) is 5.00. The number of hydrogen-bond acceptors (Lipinski definition) is 5. The van der Waals surface area contributed by atoms with Crippen LogP contribution in [0.2, 0.25) is 0 Å². The normalized spacial score (nSPS) is 11.1. The van der Waals surface area contributed by atoms with Gasteiger partial charge in [0.25, 0.3) is 0 Å². The highest BCUT2D eigenvalue weighted by Gasteiger charge is 2.24. The van der Waals surface area contributed by atoms with Crippen LogP contribution in [0.25, 0.3) is 0 Å². The number of benzene rings is 3. The number of aryl methyl sites for hydroxylation is 1. The molecule has 0 saturated carbocycles. The molecule has 8 heteroatoms. The third-order valence-electron chi connectivity index (χ3n) is 4.83. The van der Waals surface area contributed by atoms with Crippen LogP contribution < -0.4 is 14.4 Å². The van der Waals surface area contributed by atoms with Crippen molar-refractivity contribution in [1.29, 1.82) is 0 Å². The number of rotatable bonds is 10. The first kappa shape index (κ1) is 24.7. The van der Waals surface area contributed by atoms with Gasteiger partial charge in [0.1, 0.15) is 12.3 Å². The molecule has 3 aromatic carbocycles. The van der Waals surface area contributed by atoms with Gasteiger partial charge in [0, 0.05) is 16.3 Å². The molecule has 3 aromatic rings. The summed E-state index contributed by atoms with van der Waals surface area (Å²) in [7, 11) is -3.71. The molecule has 0 heterocycles. The molecule has 0 aliphatic rings. The standard InChI is InChI=1S/C25H28N2O4S2/c1-4-31-24-13-9-8-12-23(24)27(33(3,29)30)17-25(28)26-22-15-14-20(16-19(22)2)18-32-21-10-6-5-7-11-21/h5-16H,4,17-18H2,1-3H3,(H,26,28). The summed E-state index contributed by atoms with van der Waals surface area (Å²) in [5, 5.41) is 2.84. The van der Waals surface area contributed by atoms with E-state index in [4.69, 9.17) is 4.74 Å². The Labute approximate surface area is 200 Å². The van der Waals surface area contributed by atoms with E-state index >= 15 is 0 Å². The molecule has 3 rings (SSSR count). The van der Waals surface area contributed by atoms with E-state index in [9.17, 15) is 13.2 Å². The summed E-state index contributed by atoms with van der Waals surface area (Å²) in [6.07, 6.45) is 1.08. The van der Waals surface area contributed by atoms with Gasteiger partial charge in [0.05, 0.1) is 18.6 Å². The second-order valence-electron chi connectivity index (χ2n) is 7.47. The summed E-state index contributed by atoms with van der Waals surface area (Å²) in [6.45, 7) is 3.77. The third-order valence-corrected chi connectivity index (χ3v) is 7.04. The predicted octanol–water partition coefficient (Wildman–Crippen LogP) is 5.09. The Morgan fingerprint density at radius 1 is 1.03 bits per heavy atom. The van der Waals surface area contributed by atoms with Crippen LogP contribution in [-0.2, 0) is 20.6 Å². The van der Waals surface area contributed by atoms with Crippen molar-refractivity contribution >= 4 is 39.1 Å². The topological polar surface area (TPSA) is 75.7 Å². The minimum Gasteiger partial charge on any atom is -0.492 e. The van der Waals surface area contributed by atoms with Gasteiger partial charge in [-0.25, -0.2) is 8.42 Å². The van der Waals surface area contributed by atoms with Gasteiger partial charge in [0.15, 0.2) is 0 Å². The summed E-state index contributed by atoms with van der Waals surface area (Å²) in [5.41, 5.74) is 3.04. The van der Waals surface area contributed by atoms with E-state index < -0.39 is 15.9 Å². The Balaban J connectivity index is 1.70. The van der Waals surface area contributed by atoms with Crippen molar-refractivity contribution in [3.05, 3.63) is 83.9 Å². The molecule has 0 spiro atoms. The fraction of sp³-hybridized carbons (Fsp3) is 0.240. The Morgan fingerprint density at radius 2 is 1.73 bits per heavy atom. The molecule has 0 unspecified atom stereocenters. The molecule has 174 valence electrons. The van der Waals surface area contributed by atoms with Gasteiger partial charge in [-0.15, -0.1) is 11.8 Å². The number of thioether (sulfide) groups is 1. The first-order valence-electron chi connectivity index (χ1n) is 10.5. The molecule has 1 amide bonds. The van der Waals surface area contributed by atoms with Crippen LogP contribution in [-0.4, -0.2) is 33.7 Å². The maximum atomic E-state index is 12.8. The van der Waals surface area contributed by atoms with Crippen molar-refractivity contribution < 1.29 is 17.9 Å². The average Bonchev–Trinajstić information content (AvgIpc) is 2.78. The molecule has 0 fully saturated rings. The van der Waals surface area contributed by atoms with Crippen molar-refractivity contribution in [1.82, 2.24) is 0 Å². The maximum absolute atomic E-state index is 12.8. The number of carbonyl (C=O) groups is 1. The quantitative estimate of drug-likeness (QED) is 0.406. The highest BCUT2D eigenvalue weighted by atomic mass is 32.2. The van der Waals surface area contributed by atoms with Crippen molar-refractivity contribution in [2.75, 3.05) is 29.0 Å². The van der Waals surface area contributed by atoms with Crippen molar-refractivity contribution in [2.24, 2.45) is 0 Å². The number of amides is 1. The van der Waals surface area contributed by atoms with Gasteiger partial charge >= 0.3 is 0 Å². The van der Waals surface area contributed by atoms with Crippen molar-refractivity contribution in [3.63, 3.8) is 0 Å². The Kier molecular flexibility index (Phi) is 8.41. The van der Waals surface area contributed by atoms with Crippen LogP contribution in [0.5, 0.6) is 5.75 Å². The summed E-state index contributed by atoms with van der Waals surface area (Å²) in [4.78, 5) is 14.0. The van der Waals surface area contributed by atoms with E-state index in [1.165, 1.54) is 4.90 Å². The molecule has 0 radical (unpaired) electrons. The molecule has 0 atom stereocenters. The lowest BCUT2D eigenvalue weighted by Crippen LogP contribution is -2.37. The monoisotopic (exact) mass is 484 g/mol. The molecule has 1 N–H and O–H groups in total. The van der Waals surface area contributed by atoms with Gasteiger partial charge in [-0.3, -0.25) is 9.10 Å². The number of nitrogens with one attached hydrogen (secondary N) is 1. The van der Waals surface area contributed by atoms with Crippen LogP contribution in [0.3, 0.4) is 0 Å². The third kappa shape index (κ3) is 7.00. The zero-order chi connectivity index (χ0) is 23.8. The fourth-order valence-electron chi connectivity index (χ4n) is 3.28. The van der Waals surface area contributed by atoms with Crippen molar-refractivity contribution in [3.8, 4) is 5.75 Å². The number of ether oxygens (including phenoxy) is 1. The molecule has 0 bridgehead atoms. The van der Waals surface area contributed by atoms with Crippen LogP contribution in [0.1, 0.15) is 18.1 Å². The van der Waals surface area contributed by atoms with E-state index in [-0.39, 0.29) is 6.54 Å². The van der Waals surface area contributed by atoms with E-state index in [1.54, 1.807) is 36.0 Å². The Bertz CT molecular complexity index is 1200. The average molecular weight is 485 g/mol. The van der Waals surface area contributed by atoms with Crippen LogP contribution in [0.15, 0.2) is 77.7 Å². The molecule has 0 aromatic heterocycles. The van der Waals surface area contributed by atoms with Gasteiger partial charge < -0.3 is 10.1 Å². The molecular weight excluding hydrogens is 456 g/mol. The molecular formula is C25H28N2O4S2. The van der Waals surface area contributed by atoms with Crippen LogP contribution in [0, 0.1) is 6.92 Å². The van der Waals surface area contributed by atoms with Crippen LogP contribution >= 0.6 is 11.8 Å². The van der Waals surface area contributed by atoms with Gasteiger partial charge in [-0.1, -0.05) is 42.5 Å². The number of sulfonamides is 1. The summed E-state index contributed by atoms with van der Waals surface area (Å²) in [6, 6.07) is 22.8.